The Kier molecular flexibility index (Phi) is 3.53. The highest BCUT2D eigenvalue weighted by molar-refractivity contribution is 7.13. The molecule has 2 N–H and O–H groups in total. The van der Waals surface area contributed by atoms with E-state index in [2.05, 4.69) is 36.1 Å². The Morgan fingerprint density at radius 3 is 2.74 bits per heavy atom. The van der Waals surface area contributed by atoms with Gasteiger partial charge in [-0.15, -0.1) is 11.3 Å². The maximum absolute atomic E-state index is 11.1. The maximum Gasteiger partial charge on any atom is 0.339 e. The average molecular weight is 277 g/mol. The van der Waals surface area contributed by atoms with Crippen molar-refractivity contribution < 1.29 is 9.90 Å². The summed E-state index contributed by atoms with van der Waals surface area (Å²) < 4.78 is 0. The Hall–Kier alpha value is -1.95. The molecule has 0 spiro atoms. The number of rotatable bonds is 3. The summed E-state index contributed by atoms with van der Waals surface area (Å²) in [5, 5.41) is 14.7. The summed E-state index contributed by atoms with van der Waals surface area (Å²) in [5.41, 5.74) is 1.07. The Morgan fingerprint density at radius 2 is 2.16 bits per heavy atom. The summed E-state index contributed by atoms with van der Waals surface area (Å²) in [7, 11) is 0. The first-order valence-corrected chi connectivity index (χ1v) is 6.67. The Labute approximate surface area is 115 Å². The molecule has 0 aliphatic rings. The molecule has 6 heteroatoms. The number of carbonyl (C=O) groups is 1. The summed E-state index contributed by atoms with van der Waals surface area (Å²) in [5.74, 6) is -0.701. The second-order valence-corrected chi connectivity index (χ2v) is 5.98. The number of nitrogens with zero attached hydrogens (tertiary/aromatic N) is 2. The molecule has 0 radical (unpaired) electrons. The number of thiazole rings is 1. The zero-order valence-corrected chi connectivity index (χ0v) is 11.8. The average Bonchev–Trinajstić information content (AvgIpc) is 2.77. The van der Waals surface area contributed by atoms with Crippen LogP contribution in [-0.2, 0) is 5.41 Å². The van der Waals surface area contributed by atoms with E-state index >= 15 is 0 Å². The number of hydrogen-bond donors (Lipinski definition) is 2. The molecule has 0 atom stereocenters. The van der Waals surface area contributed by atoms with Crippen LogP contribution in [0.25, 0.3) is 0 Å². The number of hydrogen-bond acceptors (Lipinski definition) is 5. The standard InChI is InChI=1S/C13H15N3O2S/c1-13(2,3)9-7-19-12(15-9)16-10-8(11(17)18)5-4-6-14-10/h4-7H,1-3H3,(H,17,18)(H,14,15,16). The molecular weight excluding hydrogens is 262 g/mol. The molecule has 0 amide bonds. The van der Waals surface area contributed by atoms with E-state index in [1.807, 2.05) is 5.38 Å². The van der Waals surface area contributed by atoms with Crippen molar-refractivity contribution in [3.05, 3.63) is 35.0 Å². The summed E-state index contributed by atoms with van der Waals surface area (Å²) in [6, 6.07) is 3.10. The third kappa shape index (κ3) is 3.08. The molecule has 0 bridgehead atoms. The fraction of sp³-hybridized carbons (Fsp3) is 0.308. The van der Waals surface area contributed by atoms with Crippen LogP contribution in [0, 0.1) is 0 Å². The molecular formula is C13H15N3O2S. The number of carboxylic acids is 1. The first kappa shape index (κ1) is 13.5. The lowest BCUT2D eigenvalue weighted by Gasteiger charge is -2.14. The Balaban J connectivity index is 2.27. The Bertz CT molecular complexity index is 602. The highest BCUT2D eigenvalue weighted by Gasteiger charge is 2.18. The van der Waals surface area contributed by atoms with Crippen LogP contribution in [0.15, 0.2) is 23.7 Å². The number of carboxylic acid groups (broad SMARTS) is 1. The SMILES string of the molecule is CC(C)(C)c1csc(Nc2ncccc2C(=O)O)n1. The van der Waals surface area contributed by atoms with E-state index in [9.17, 15) is 4.79 Å². The van der Waals surface area contributed by atoms with Gasteiger partial charge in [-0.25, -0.2) is 14.8 Å². The van der Waals surface area contributed by atoms with E-state index in [1.54, 1.807) is 12.3 Å². The largest absolute Gasteiger partial charge is 0.478 e. The highest BCUT2D eigenvalue weighted by atomic mass is 32.1. The van der Waals surface area contributed by atoms with Crippen LogP contribution in [-0.4, -0.2) is 21.0 Å². The van der Waals surface area contributed by atoms with Gasteiger partial charge in [0, 0.05) is 17.0 Å². The smallest absolute Gasteiger partial charge is 0.339 e. The van der Waals surface area contributed by atoms with Crippen molar-refractivity contribution in [2.45, 2.75) is 26.2 Å². The predicted octanol–water partition coefficient (Wildman–Crippen LogP) is 3.28. The first-order valence-electron chi connectivity index (χ1n) is 5.79. The van der Waals surface area contributed by atoms with E-state index < -0.39 is 5.97 Å². The van der Waals surface area contributed by atoms with Gasteiger partial charge in [-0.2, -0.15) is 0 Å². The lowest BCUT2D eigenvalue weighted by atomic mass is 9.93. The van der Waals surface area contributed by atoms with Gasteiger partial charge >= 0.3 is 5.97 Å². The molecule has 0 fully saturated rings. The molecule has 0 aliphatic heterocycles. The number of anilines is 2. The topological polar surface area (TPSA) is 75.1 Å². The minimum absolute atomic E-state index is 0.0316. The van der Waals surface area contributed by atoms with Crippen molar-refractivity contribution >= 4 is 28.3 Å². The molecule has 2 rings (SSSR count). The van der Waals surface area contributed by atoms with E-state index in [0.29, 0.717) is 10.9 Å². The van der Waals surface area contributed by atoms with Gasteiger partial charge in [-0.3, -0.25) is 0 Å². The van der Waals surface area contributed by atoms with Gasteiger partial charge in [-0.1, -0.05) is 20.8 Å². The minimum Gasteiger partial charge on any atom is -0.478 e. The van der Waals surface area contributed by atoms with Crippen molar-refractivity contribution in [1.29, 1.82) is 0 Å². The van der Waals surface area contributed by atoms with E-state index in [0.717, 1.165) is 5.69 Å². The van der Waals surface area contributed by atoms with Crippen molar-refractivity contribution in [3.63, 3.8) is 0 Å². The van der Waals surface area contributed by atoms with Gasteiger partial charge < -0.3 is 10.4 Å². The van der Waals surface area contributed by atoms with Crippen LogP contribution in [0.3, 0.4) is 0 Å². The van der Waals surface area contributed by atoms with Crippen molar-refractivity contribution in [1.82, 2.24) is 9.97 Å². The zero-order chi connectivity index (χ0) is 14.0. The van der Waals surface area contributed by atoms with Crippen LogP contribution >= 0.6 is 11.3 Å². The van der Waals surface area contributed by atoms with Crippen LogP contribution in [0.4, 0.5) is 10.9 Å². The van der Waals surface area contributed by atoms with Gasteiger partial charge in [0.15, 0.2) is 5.13 Å². The fourth-order valence-electron chi connectivity index (χ4n) is 1.45. The third-order valence-corrected chi connectivity index (χ3v) is 3.29. The van der Waals surface area contributed by atoms with E-state index in [4.69, 9.17) is 5.11 Å². The molecule has 2 heterocycles. The predicted molar refractivity (Wildman–Crippen MR) is 75.3 cm³/mol. The first-order chi connectivity index (χ1) is 8.88. The quantitative estimate of drug-likeness (QED) is 0.900. The maximum atomic E-state index is 11.1. The lowest BCUT2D eigenvalue weighted by Crippen LogP contribution is -2.11. The third-order valence-electron chi connectivity index (χ3n) is 2.54. The van der Waals surface area contributed by atoms with Crippen molar-refractivity contribution in [2.24, 2.45) is 0 Å². The summed E-state index contributed by atoms with van der Waals surface area (Å²) >= 11 is 1.44. The minimum atomic E-state index is -1.01. The van der Waals surface area contributed by atoms with Crippen LogP contribution < -0.4 is 5.32 Å². The molecule has 0 aliphatic carbocycles. The van der Waals surface area contributed by atoms with Gasteiger partial charge in [-0.05, 0) is 12.1 Å². The van der Waals surface area contributed by atoms with E-state index in [-0.39, 0.29) is 11.0 Å². The molecule has 0 saturated heterocycles. The van der Waals surface area contributed by atoms with Gasteiger partial charge in [0.1, 0.15) is 11.4 Å². The molecule has 2 aromatic heterocycles. The molecule has 2 aromatic rings. The molecule has 100 valence electrons. The van der Waals surface area contributed by atoms with Crippen LogP contribution in [0.5, 0.6) is 0 Å². The fourth-order valence-corrected chi connectivity index (χ4v) is 2.39. The monoisotopic (exact) mass is 277 g/mol. The van der Waals surface area contributed by atoms with Crippen LogP contribution in [0.2, 0.25) is 0 Å². The normalized spacial score (nSPS) is 11.3. The van der Waals surface area contributed by atoms with Crippen LogP contribution in [0.1, 0.15) is 36.8 Å². The Morgan fingerprint density at radius 1 is 1.42 bits per heavy atom. The number of pyridine rings is 1. The van der Waals surface area contributed by atoms with Gasteiger partial charge in [0.25, 0.3) is 0 Å². The summed E-state index contributed by atoms with van der Waals surface area (Å²) in [6.45, 7) is 6.24. The highest BCUT2D eigenvalue weighted by Crippen LogP contribution is 2.28. The van der Waals surface area contributed by atoms with Gasteiger partial charge in [0.2, 0.25) is 0 Å². The molecule has 0 unspecified atom stereocenters. The van der Waals surface area contributed by atoms with Crippen molar-refractivity contribution in [2.75, 3.05) is 5.32 Å². The van der Waals surface area contributed by atoms with Crippen molar-refractivity contribution in [3.8, 4) is 0 Å². The number of aromatic carboxylic acids is 1. The van der Waals surface area contributed by atoms with E-state index in [1.165, 1.54) is 17.4 Å². The summed E-state index contributed by atoms with van der Waals surface area (Å²) in [4.78, 5) is 19.6. The summed E-state index contributed by atoms with van der Waals surface area (Å²) in [6.07, 6.45) is 1.55. The molecule has 19 heavy (non-hydrogen) atoms. The second-order valence-electron chi connectivity index (χ2n) is 5.12. The number of nitrogens with one attached hydrogen (secondary N) is 1. The zero-order valence-electron chi connectivity index (χ0n) is 11.0. The number of aromatic nitrogens is 2. The second kappa shape index (κ2) is 4.97. The molecule has 0 saturated carbocycles. The molecule has 5 nitrogen and oxygen atoms in total. The lowest BCUT2D eigenvalue weighted by molar-refractivity contribution is 0.0697. The molecule has 0 aromatic carbocycles. The van der Waals surface area contributed by atoms with Gasteiger partial charge in [0.05, 0.1) is 5.69 Å².